The average molecular weight is 489 g/mol. The number of hydrogen-bond acceptors (Lipinski definition) is 5. The summed E-state index contributed by atoms with van der Waals surface area (Å²) in [6.45, 7) is 8.18. The highest BCUT2D eigenvalue weighted by molar-refractivity contribution is 6.04. The van der Waals surface area contributed by atoms with Gasteiger partial charge >= 0.3 is 0 Å². The number of aryl methyl sites for hydroxylation is 3. The van der Waals surface area contributed by atoms with E-state index in [1.54, 1.807) is 28.9 Å². The van der Waals surface area contributed by atoms with E-state index in [0.29, 0.717) is 22.6 Å². The lowest BCUT2D eigenvalue weighted by atomic mass is 9.87. The fraction of sp³-hybridized carbons (Fsp3) is 0.259. The number of carbonyl (C=O) groups excluding carboxylic acids is 1. The van der Waals surface area contributed by atoms with Gasteiger partial charge in [0, 0.05) is 37.0 Å². The quantitative estimate of drug-likeness (QED) is 0.416. The lowest BCUT2D eigenvalue weighted by Crippen LogP contribution is -2.22. The van der Waals surface area contributed by atoms with Gasteiger partial charge in [0.1, 0.15) is 11.5 Å². The van der Waals surface area contributed by atoms with Gasteiger partial charge in [-0.25, -0.2) is 9.07 Å². The predicted octanol–water partition coefficient (Wildman–Crippen LogP) is 4.92. The van der Waals surface area contributed by atoms with Gasteiger partial charge in [-0.2, -0.15) is 10.2 Å². The summed E-state index contributed by atoms with van der Waals surface area (Å²) in [6, 6.07) is 14.9. The average Bonchev–Trinajstić information content (AvgIpc) is 3.14. The number of benzene rings is 2. The Labute approximate surface area is 208 Å². The van der Waals surface area contributed by atoms with Crippen molar-refractivity contribution in [2.24, 2.45) is 14.1 Å². The largest absolute Gasteiger partial charge is 0.334 e. The second-order valence-electron chi connectivity index (χ2n) is 9.77. The van der Waals surface area contributed by atoms with Crippen molar-refractivity contribution in [3.8, 4) is 11.3 Å². The van der Waals surface area contributed by atoms with E-state index in [1.807, 2.05) is 32.2 Å². The fourth-order valence-corrected chi connectivity index (χ4v) is 3.70. The molecule has 186 valence electrons. The molecule has 0 radical (unpaired) electrons. The molecule has 0 atom stereocenters. The van der Waals surface area contributed by atoms with Crippen molar-refractivity contribution in [1.82, 2.24) is 19.6 Å². The van der Waals surface area contributed by atoms with Crippen LogP contribution in [0.15, 0.2) is 59.4 Å². The summed E-state index contributed by atoms with van der Waals surface area (Å²) >= 11 is 0. The molecule has 0 saturated heterocycles. The zero-order chi connectivity index (χ0) is 26.2. The lowest BCUT2D eigenvalue weighted by molar-refractivity contribution is 0.102. The molecular weight excluding hydrogens is 459 g/mol. The molecule has 2 aromatic carbocycles. The van der Waals surface area contributed by atoms with Crippen LogP contribution in [0.3, 0.4) is 0 Å². The molecular formula is C27H29FN6O2. The minimum atomic E-state index is -0.578. The minimum absolute atomic E-state index is 0.0166. The van der Waals surface area contributed by atoms with Gasteiger partial charge in [-0.15, -0.1) is 0 Å². The number of halogens is 1. The molecule has 0 unspecified atom stereocenters. The maximum Gasteiger partial charge on any atom is 0.290 e. The third kappa shape index (κ3) is 5.19. The summed E-state index contributed by atoms with van der Waals surface area (Å²) in [7, 11) is 3.35. The molecule has 0 aliphatic rings. The Morgan fingerprint density at radius 3 is 2.22 bits per heavy atom. The highest BCUT2D eigenvalue weighted by Gasteiger charge is 2.16. The molecule has 2 N–H and O–H groups in total. The van der Waals surface area contributed by atoms with Crippen molar-refractivity contribution in [3.05, 3.63) is 87.6 Å². The van der Waals surface area contributed by atoms with Gasteiger partial charge in [-0.05, 0) is 54.3 Å². The first kappa shape index (κ1) is 24.8. The van der Waals surface area contributed by atoms with Crippen LogP contribution in [0, 0.1) is 12.7 Å². The van der Waals surface area contributed by atoms with E-state index in [1.165, 1.54) is 23.9 Å². The van der Waals surface area contributed by atoms with E-state index in [9.17, 15) is 14.0 Å². The Hall–Kier alpha value is -4.27. The minimum Gasteiger partial charge on any atom is -0.334 e. The van der Waals surface area contributed by atoms with Crippen molar-refractivity contribution in [2.75, 3.05) is 10.6 Å². The summed E-state index contributed by atoms with van der Waals surface area (Å²) in [5.41, 5.74) is 3.32. The van der Waals surface area contributed by atoms with Crippen molar-refractivity contribution in [1.29, 1.82) is 0 Å². The zero-order valence-corrected chi connectivity index (χ0v) is 21.2. The van der Waals surface area contributed by atoms with Gasteiger partial charge in [-0.3, -0.25) is 14.3 Å². The van der Waals surface area contributed by atoms with Crippen LogP contribution in [0.2, 0.25) is 0 Å². The molecule has 0 bridgehead atoms. The molecule has 9 heteroatoms. The number of aromatic nitrogens is 4. The highest BCUT2D eigenvalue weighted by atomic mass is 19.1. The summed E-state index contributed by atoms with van der Waals surface area (Å²) in [5.74, 6) is -0.480. The molecule has 4 rings (SSSR count). The Kier molecular flexibility index (Phi) is 6.49. The number of nitrogens with one attached hydrogen (secondary N) is 2. The number of carbonyl (C=O) groups is 1. The third-order valence-electron chi connectivity index (χ3n) is 5.96. The van der Waals surface area contributed by atoms with Crippen LogP contribution in [-0.4, -0.2) is 25.5 Å². The standard InChI is InChI=1S/C27H29FN6O2/c1-16-13-24(32-33(16)5)29-23-15-21(31-34(6)26(23)36)18-9-12-20(28)22(14-18)30-25(35)17-7-10-19(11-8-17)27(2,3)4/h7-15H,1-6H3,(H,29,32)(H,30,35). The van der Waals surface area contributed by atoms with Crippen molar-refractivity contribution >= 4 is 23.1 Å². The van der Waals surface area contributed by atoms with Gasteiger partial charge in [0.15, 0.2) is 5.82 Å². The first-order valence-corrected chi connectivity index (χ1v) is 11.5. The number of nitrogens with zero attached hydrogens (tertiary/aromatic N) is 4. The van der Waals surface area contributed by atoms with Crippen LogP contribution < -0.4 is 16.2 Å². The van der Waals surface area contributed by atoms with Crippen molar-refractivity contribution in [2.45, 2.75) is 33.1 Å². The summed E-state index contributed by atoms with van der Waals surface area (Å²) < 4.78 is 17.5. The fourth-order valence-electron chi connectivity index (χ4n) is 3.70. The molecule has 36 heavy (non-hydrogen) atoms. The maximum absolute atomic E-state index is 14.6. The van der Waals surface area contributed by atoms with E-state index in [4.69, 9.17) is 0 Å². The Balaban J connectivity index is 1.62. The van der Waals surface area contributed by atoms with Crippen molar-refractivity contribution < 1.29 is 9.18 Å². The second-order valence-corrected chi connectivity index (χ2v) is 9.77. The molecule has 0 spiro atoms. The van der Waals surface area contributed by atoms with Crippen LogP contribution >= 0.6 is 0 Å². The topological polar surface area (TPSA) is 93.8 Å². The van der Waals surface area contributed by atoms with E-state index in [-0.39, 0.29) is 22.3 Å². The van der Waals surface area contributed by atoms with Gasteiger partial charge < -0.3 is 10.6 Å². The van der Waals surface area contributed by atoms with Crippen LogP contribution in [0.25, 0.3) is 11.3 Å². The number of hydrogen-bond donors (Lipinski definition) is 2. The molecule has 0 saturated carbocycles. The first-order valence-electron chi connectivity index (χ1n) is 11.5. The van der Waals surface area contributed by atoms with Crippen LogP contribution in [-0.2, 0) is 19.5 Å². The maximum atomic E-state index is 14.6. The van der Waals surface area contributed by atoms with Crippen molar-refractivity contribution in [3.63, 3.8) is 0 Å². The summed E-state index contributed by atoms with van der Waals surface area (Å²) in [6.07, 6.45) is 0. The summed E-state index contributed by atoms with van der Waals surface area (Å²) in [4.78, 5) is 25.4. The monoisotopic (exact) mass is 488 g/mol. The Bertz CT molecular complexity index is 1480. The van der Waals surface area contributed by atoms with Gasteiger partial charge in [-0.1, -0.05) is 32.9 Å². The predicted molar refractivity (Wildman–Crippen MR) is 139 cm³/mol. The normalized spacial score (nSPS) is 11.4. The van der Waals surface area contributed by atoms with E-state index >= 15 is 0 Å². The molecule has 1 amide bonds. The molecule has 0 aliphatic heterocycles. The van der Waals surface area contributed by atoms with E-state index in [2.05, 4.69) is 41.6 Å². The third-order valence-corrected chi connectivity index (χ3v) is 5.96. The van der Waals surface area contributed by atoms with E-state index < -0.39 is 11.7 Å². The highest BCUT2D eigenvalue weighted by Crippen LogP contribution is 2.26. The second kappa shape index (κ2) is 9.41. The molecule has 2 heterocycles. The van der Waals surface area contributed by atoms with Crippen LogP contribution in [0.1, 0.15) is 42.4 Å². The lowest BCUT2D eigenvalue weighted by Gasteiger charge is -2.19. The van der Waals surface area contributed by atoms with Crippen LogP contribution in [0.5, 0.6) is 0 Å². The Morgan fingerprint density at radius 2 is 1.61 bits per heavy atom. The van der Waals surface area contributed by atoms with Gasteiger partial charge in [0.2, 0.25) is 0 Å². The number of amides is 1. The molecule has 2 aromatic heterocycles. The van der Waals surface area contributed by atoms with Gasteiger partial charge in [0.25, 0.3) is 11.5 Å². The molecule has 4 aromatic rings. The molecule has 0 aliphatic carbocycles. The Morgan fingerprint density at radius 1 is 0.917 bits per heavy atom. The number of anilines is 3. The van der Waals surface area contributed by atoms with E-state index in [0.717, 1.165) is 11.3 Å². The molecule has 0 fully saturated rings. The SMILES string of the molecule is Cc1cc(Nc2cc(-c3ccc(F)c(NC(=O)c4ccc(C(C)(C)C)cc4)c3)nn(C)c2=O)nn1C. The van der Waals surface area contributed by atoms with Gasteiger partial charge in [0.05, 0.1) is 11.4 Å². The smallest absolute Gasteiger partial charge is 0.290 e. The zero-order valence-electron chi connectivity index (χ0n) is 21.2. The summed E-state index contributed by atoms with van der Waals surface area (Å²) in [5, 5.41) is 14.3. The first-order chi connectivity index (χ1) is 16.9. The van der Waals surface area contributed by atoms with Crippen LogP contribution in [0.4, 0.5) is 21.6 Å². The number of rotatable bonds is 5. The molecule has 8 nitrogen and oxygen atoms in total.